The highest BCUT2D eigenvalue weighted by Gasteiger charge is 2.21. The quantitative estimate of drug-likeness (QED) is 0.565. The second-order valence-electron chi connectivity index (χ2n) is 6.64. The van der Waals surface area contributed by atoms with E-state index in [1.54, 1.807) is 53.4 Å². The number of carbonyl (C=O) groups is 1. The number of nitrogens with one attached hydrogen (secondary N) is 1. The number of amides is 1. The van der Waals surface area contributed by atoms with Crippen molar-refractivity contribution < 1.29 is 9.18 Å². The molecule has 0 aliphatic rings. The number of halogens is 1. The molecule has 0 aliphatic carbocycles. The highest BCUT2D eigenvalue weighted by molar-refractivity contribution is 5.79. The zero-order valence-corrected chi connectivity index (χ0v) is 15.6. The SMILES string of the molecule is Cn1ccnc1C(NC(=O)Cn1cnc2ccccc2c1=O)c1ccc(F)cc1. The molecule has 0 aliphatic heterocycles. The zero-order valence-electron chi connectivity index (χ0n) is 15.6. The molecule has 4 rings (SSSR count). The molecule has 2 aromatic heterocycles. The average Bonchev–Trinajstić information content (AvgIpc) is 3.15. The lowest BCUT2D eigenvalue weighted by Gasteiger charge is -2.19. The molecular formula is C21H18FN5O2. The van der Waals surface area contributed by atoms with Crippen LogP contribution in [0.4, 0.5) is 4.39 Å². The summed E-state index contributed by atoms with van der Waals surface area (Å²) in [7, 11) is 1.81. The summed E-state index contributed by atoms with van der Waals surface area (Å²) in [6.45, 7) is -0.196. The molecule has 0 radical (unpaired) electrons. The lowest BCUT2D eigenvalue weighted by atomic mass is 10.1. The minimum absolute atomic E-state index is 0.196. The number of hydrogen-bond donors (Lipinski definition) is 1. The van der Waals surface area contributed by atoms with Crippen LogP contribution in [0.3, 0.4) is 0 Å². The van der Waals surface area contributed by atoms with Gasteiger partial charge >= 0.3 is 0 Å². The summed E-state index contributed by atoms with van der Waals surface area (Å²) in [4.78, 5) is 33.9. The summed E-state index contributed by atoms with van der Waals surface area (Å²) in [6.07, 6.45) is 4.74. The summed E-state index contributed by atoms with van der Waals surface area (Å²) < 4.78 is 16.4. The van der Waals surface area contributed by atoms with E-state index < -0.39 is 6.04 Å². The van der Waals surface area contributed by atoms with E-state index in [0.29, 0.717) is 22.3 Å². The van der Waals surface area contributed by atoms with Gasteiger partial charge in [-0.1, -0.05) is 24.3 Å². The Morgan fingerprint density at radius 3 is 2.62 bits per heavy atom. The van der Waals surface area contributed by atoms with Crippen LogP contribution < -0.4 is 10.9 Å². The van der Waals surface area contributed by atoms with E-state index in [9.17, 15) is 14.0 Å². The van der Waals surface area contributed by atoms with Gasteiger partial charge in [0.2, 0.25) is 5.91 Å². The van der Waals surface area contributed by atoms with Crippen molar-refractivity contribution in [3.05, 3.63) is 94.8 Å². The summed E-state index contributed by atoms with van der Waals surface area (Å²) in [6, 6.07) is 12.2. The normalized spacial score (nSPS) is 12.1. The highest BCUT2D eigenvalue weighted by Crippen LogP contribution is 2.20. The van der Waals surface area contributed by atoms with Gasteiger partial charge in [-0.2, -0.15) is 0 Å². The maximum Gasteiger partial charge on any atom is 0.261 e. The third-order valence-electron chi connectivity index (χ3n) is 4.67. The standard InChI is InChI=1S/C21H18FN5O2/c1-26-11-10-23-20(26)19(14-6-8-15(22)9-7-14)25-18(28)12-27-13-24-17-5-3-2-4-16(17)21(27)29/h2-11,13,19H,12H2,1H3,(H,25,28). The minimum Gasteiger partial charge on any atom is -0.341 e. The van der Waals surface area contributed by atoms with Gasteiger partial charge in [-0.05, 0) is 29.8 Å². The molecule has 7 nitrogen and oxygen atoms in total. The second-order valence-corrected chi connectivity index (χ2v) is 6.64. The van der Waals surface area contributed by atoms with Crippen molar-refractivity contribution >= 4 is 16.8 Å². The molecule has 1 N–H and O–H groups in total. The van der Waals surface area contributed by atoms with Gasteiger partial charge in [-0.15, -0.1) is 0 Å². The summed E-state index contributed by atoms with van der Waals surface area (Å²) in [5, 5.41) is 3.33. The van der Waals surface area contributed by atoms with Crippen LogP contribution >= 0.6 is 0 Å². The van der Waals surface area contributed by atoms with Crippen LogP contribution in [0.5, 0.6) is 0 Å². The topological polar surface area (TPSA) is 81.8 Å². The third kappa shape index (κ3) is 3.77. The van der Waals surface area contributed by atoms with E-state index in [0.717, 1.165) is 0 Å². The Labute approximate surface area is 165 Å². The van der Waals surface area contributed by atoms with Crippen molar-refractivity contribution in [3.8, 4) is 0 Å². The third-order valence-corrected chi connectivity index (χ3v) is 4.67. The summed E-state index contributed by atoms with van der Waals surface area (Å²) in [5.41, 5.74) is 0.963. The Morgan fingerprint density at radius 2 is 1.90 bits per heavy atom. The predicted octanol–water partition coefficient (Wildman–Crippen LogP) is 2.17. The van der Waals surface area contributed by atoms with Crippen molar-refractivity contribution in [2.45, 2.75) is 12.6 Å². The van der Waals surface area contributed by atoms with Crippen LogP contribution in [0.25, 0.3) is 10.9 Å². The van der Waals surface area contributed by atoms with Crippen molar-refractivity contribution in [2.24, 2.45) is 7.05 Å². The molecule has 146 valence electrons. The Bertz CT molecular complexity index is 1230. The van der Waals surface area contributed by atoms with Gasteiger partial charge < -0.3 is 9.88 Å². The number of para-hydroxylation sites is 1. The van der Waals surface area contributed by atoms with Gasteiger partial charge in [0.25, 0.3) is 5.56 Å². The van der Waals surface area contributed by atoms with Gasteiger partial charge in [0, 0.05) is 19.4 Å². The number of benzene rings is 2. The maximum atomic E-state index is 13.3. The Morgan fingerprint density at radius 1 is 1.14 bits per heavy atom. The molecule has 1 unspecified atom stereocenters. The van der Waals surface area contributed by atoms with Gasteiger partial charge in [-0.3, -0.25) is 14.2 Å². The summed E-state index contributed by atoms with van der Waals surface area (Å²) >= 11 is 0. The first-order chi connectivity index (χ1) is 14.0. The van der Waals surface area contributed by atoms with E-state index in [2.05, 4.69) is 15.3 Å². The second kappa shape index (κ2) is 7.67. The summed E-state index contributed by atoms with van der Waals surface area (Å²) in [5.74, 6) is -0.164. The molecule has 2 heterocycles. The van der Waals surface area contributed by atoms with E-state index in [4.69, 9.17) is 0 Å². The fourth-order valence-electron chi connectivity index (χ4n) is 3.19. The molecule has 1 amide bonds. The number of nitrogens with zero attached hydrogens (tertiary/aromatic N) is 4. The molecule has 0 fully saturated rings. The van der Waals surface area contributed by atoms with Crippen LogP contribution in [0.2, 0.25) is 0 Å². The van der Waals surface area contributed by atoms with Gasteiger partial charge in [0.1, 0.15) is 24.2 Å². The molecule has 0 spiro atoms. The first-order valence-corrected chi connectivity index (χ1v) is 8.99. The largest absolute Gasteiger partial charge is 0.341 e. The fraction of sp³-hybridized carbons (Fsp3) is 0.143. The first kappa shape index (κ1) is 18.5. The number of carbonyl (C=O) groups excluding carboxylic acids is 1. The van der Waals surface area contributed by atoms with E-state index in [1.807, 2.05) is 7.05 Å². The monoisotopic (exact) mass is 391 g/mol. The smallest absolute Gasteiger partial charge is 0.261 e. The van der Waals surface area contributed by atoms with Crippen LogP contribution in [0.15, 0.2) is 72.0 Å². The fourth-order valence-corrected chi connectivity index (χ4v) is 3.19. The van der Waals surface area contributed by atoms with Gasteiger partial charge in [0.05, 0.1) is 17.2 Å². The molecule has 0 saturated carbocycles. The Hall–Kier alpha value is -3.81. The van der Waals surface area contributed by atoms with E-state index in [-0.39, 0.29) is 23.8 Å². The number of imidazole rings is 1. The molecule has 2 aromatic carbocycles. The number of aromatic nitrogens is 4. The van der Waals surface area contributed by atoms with E-state index >= 15 is 0 Å². The molecule has 29 heavy (non-hydrogen) atoms. The van der Waals surface area contributed by atoms with E-state index in [1.165, 1.54) is 23.0 Å². The van der Waals surface area contributed by atoms with Gasteiger partial charge in [-0.25, -0.2) is 14.4 Å². The molecular weight excluding hydrogens is 373 g/mol. The molecule has 0 saturated heterocycles. The van der Waals surface area contributed by atoms with Crippen molar-refractivity contribution in [2.75, 3.05) is 0 Å². The number of fused-ring (bicyclic) bond motifs is 1. The molecule has 0 bridgehead atoms. The van der Waals surface area contributed by atoms with Crippen LogP contribution in [-0.4, -0.2) is 25.0 Å². The van der Waals surface area contributed by atoms with Crippen molar-refractivity contribution in [3.63, 3.8) is 0 Å². The molecule has 4 aromatic rings. The predicted molar refractivity (Wildman–Crippen MR) is 106 cm³/mol. The lowest BCUT2D eigenvalue weighted by Crippen LogP contribution is -2.36. The Kier molecular flexibility index (Phi) is 4.90. The lowest BCUT2D eigenvalue weighted by molar-refractivity contribution is -0.122. The number of hydrogen-bond acceptors (Lipinski definition) is 4. The van der Waals surface area contributed by atoms with Crippen molar-refractivity contribution in [1.29, 1.82) is 0 Å². The zero-order chi connectivity index (χ0) is 20.4. The Balaban J connectivity index is 1.62. The number of aryl methyl sites for hydroxylation is 1. The van der Waals surface area contributed by atoms with Crippen molar-refractivity contribution in [1.82, 2.24) is 24.4 Å². The van der Waals surface area contributed by atoms with Crippen LogP contribution in [0, 0.1) is 5.82 Å². The molecule has 1 atom stereocenters. The molecule has 8 heteroatoms. The number of rotatable bonds is 5. The van der Waals surface area contributed by atoms with Gasteiger partial charge in [0.15, 0.2) is 0 Å². The average molecular weight is 391 g/mol. The van der Waals surface area contributed by atoms with Crippen LogP contribution in [0.1, 0.15) is 17.4 Å². The van der Waals surface area contributed by atoms with Crippen LogP contribution in [-0.2, 0) is 18.4 Å². The minimum atomic E-state index is -0.591. The first-order valence-electron chi connectivity index (χ1n) is 8.99. The highest BCUT2D eigenvalue weighted by atomic mass is 19.1. The maximum absolute atomic E-state index is 13.3.